The Labute approximate surface area is 112 Å². The van der Waals surface area contributed by atoms with Crippen molar-refractivity contribution in [2.75, 3.05) is 6.54 Å². The highest BCUT2D eigenvalue weighted by atomic mass is 14.9. The summed E-state index contributed by atoms with van der Waals surface area (Å²) < 4.78 is 0. The van der Waals surface area contributed by atoms with Crippen molar-refractivity contribution in [2.24, 2.45) is 11.8 Å². The molecule has 18 heavy (non-hydrogen) atoms. The second kappa shape index (κ2) is 6.38. The molecule has 1 aromatic rings. The summed E-state index contributed by atoms with van der Waals surface area (Å²) in [6.45, 7) is 8.03. The Bertz CT molecular complexity index is 348. The molecule has 0 aromatic heterocycles. The second-order valence-corrected chi connectivity index (χ2v) is 6.02. The number of rotatable bonds is 6. The van der Waals surface area contributed by atoms with Crippen LogP contribution in [0.5, 0.6) is 0 Å². The Morgan fingerprint density at radius 3 is 2.28 bits per heavy atom. The van der Waals surface area contributed by atoms with E-state index in [9.17, 15) is 0 Å². The van der Waals surface area contributed by atoms with Crippen molar-refractivity contribution < 1.29 is 0 Å². The molecule has 1 fully saturated rings. The van der Waals surface area contributed by atoms with Gasteiger partial charge in [-0.15, -0.1) is 0 Å². The predicted octanol–water partition coefficient (Wildman–Crippen LogP) is 4.34. The number of nitrogens with one attached hydrogen (secondary N) is 1. The maximum absolute atomic E-state index is 3.77. The van der Waals surface area contributed by atoms with Gasteiger partial charge in [0.15, 0.2) is 0 Å². The van der Waals surface area contributed by atoms with Crippen LogP contribution < -0.4 is 5.32 Å². The molecule has 0 heterocycles. The van der Waals surface area contributed by atoms with Crippen molar-refractivity contribution in [3.05, 3.63) is 35.4 Å². The van der Waals surface area contributed by atoms with Crippen molar-refractivity contribution in [1.82, 2.24) is 5.32 Å². The molecule has 1 saturated carbocycles. The summed E-state index contributed by atoms with van der Waals surface area (Å²) in [5, 5.41) is 3.77. The van der Waals surface area contributed by atoms with Gasteiger partial charge in [0.25, 0.3) is 0 Å². The fourth-order valence-corrected chi connectivity index (χ4v) is 2.69. The highest BCUT2D eigenvalue weighted by molar-refractivity contribution is 5.25. The summed E-state index contributed by atoms with van der Waals surface area (Å²) in [6.07, 6.45) is 5.41. The van der Waals surface area contributed by atoms with Crippen LogP contribution in [0.1, 0.15) is 57.2 Å². The quantitative estimate of drug-likeness (QED) is 0.786. The predicted molar refractivity (Wildman–Crippen MR) is 78.7 cm³/mol. The van der Waals surface area contributed by atoms with Gasteiger partial charge in [-0.2, -0.15) is 0 Å². The summed E-state index contributed by atoms with van der Waals surface area (Å²) in [5.74, 6) is 1.58. The molecule has 1 aliphatic rings. The topological polar surface area (TPSA) is 12.0 Å². The van der Waals surface area contributed by atoms with E-state index >= 15 is 0 Å². The van der Waals surface area contributed by atoms with E-state index in [0.717, 1.165) is 12.3 Å². The molecule has 2 rings (SSSR count). The first kappa shape index (κ1) is 13.6. The third kappa shape index (κ3) is 3.35. The number of hydrogen-bond acceptors (Lipinski definition) is 1. The van der Waals surface area contributed by atoms with Crippen molar-refractivity contribution in [3.63, 3.8) is 0 Å². The van der Waals surface area contributed by atoms with E-state index in [1.165, 1.54) is 36.9 Å². The molecular formula is C17H27N. The molecule has 1 nitrogen and oxygen atoms in total. The highest BCUT2D eigenvalue weighted by Crippen LogP contribution is 2.28. The number of benzene rings is 1. The monoisotopic (exact) mass is 245 g/mol. The fourth-order valence-electron chi connectivity index (χ4n) is 2.69. The lowest BCUT2D eigenvalue weighted by Crippen LogP contribution is -2.33. The van der Waals surface area contributed by atoms with Crippen molar-refractivity contribution in [1.29, 1.82) is 0 Å². The maximum atomic E-state index is 3.77. The molecule has 1 atom stereocenters. The highest BCUT2D eigenvalue weighted by Gasteiger charge is 2.21. The molecule has 100 valence electrons. The maximum Gasteiger partial charge on any atom is 0.0343 e. The van der Waals surface area contributed by atoms with Crippen LogP contribution in [0.15, 0.2) is 24.3 Å². The van der Waals surface area contributed by atoms with E-state index in [4.69, 9.17) is 0 Å². The van der Waals surface area contributed by atoms with E-state index < -0.39 is 0 Å². The summed E-state index contributed by atoms with van der Waals surface area (Å²) in [5.41, 5.74) is 2.88. The van der Waals surface area contributed by atoms with Gasteiger partial charge in [-0.1, -0.05) is 51.5 Å². The summed E-state index contributed by atoms with van der Waals surface area (Å²) in [4.78, 5) is 0. The Balaban J connectivity index is 1.98. The van der Waals surface area contributed by atoms with Crippen molar-refractivity contribution in [2.45, 2.75) is 52.5 Å². The molecule has 1 unspecified atom stereocenters. The van der Waals surface area contributed by atoms with E-state index in [-0.39, 0.29) is 0 Å². The number of hydrogen-bond donors (Lipinski definition) is 1. The lowest BCUT2D eigenvalue weighted by Gasteiger charge is -2.30. The molecule has 1 N–H and O–H groups in total. The molecule has 0 saturated heterocycles. The van der Waals surface area contributed by atoms with Crippen LogP contribution in [0.2, 0.25) is 0 Å². The minimum Gasteiger partial charge on any atom is -0.309 e. The molecule has 0 radical (unpaired) electrons. The van der Waals surface area contributed by atoms with Gasteiger partial charge < -0.3 is 5.32 Å². The summed E-state index contributed by atoms with van der Waals surface area (Å²) in [6, 6.07) is 9.66. The minimum absolute atomic E-state index is 0.511. The van der Waals surface area contributed by atoms with Crippen molar-refractivity contribution in [3.8, 4) is 0 Å². The first-order valence-electron chi connectivity index (χ1n) is 7.53. The third-order valence-corrected chi connectivity index (χ3v) is 4.26. The Kier molecular flexibility index (Phi) is 4.82. The van der Waals surface area contributed by atoms with E-state index in [2.05, 4.69) is 50.4 Å². The van der Waals surface area contributed by atoms with Gasteiger partial charge in [0.2, 0.25) is 0 Å². The van der Waals surface area contributed by atoms with E-state index in [0.29, 0.717) is 12.0 Å². The van der Waals surface area contributed by atoms with Gasteiger partial charge >= 0.3 is 0 Å². The molecule has 0 bridgehead atoms. The molecule has 0 spiro atoms. The van der Waals surface area contributed by atoms with Crippen LogP contribution in [0, 0.1) is 11.8 Å². The molecule has 1 heteroatoms. The average molecular weight is 245 g/mol. The molecule has 0 aliphatic heterocycles. The van der Waals surface area contributed by atoms with Crippen molar-refractivity contribution >= 4 is 0 Å². The fraction of sp³-hybridized carbons (Fsp3) is 0.647. The first-order valence-corrected chi connectivity index (χ1v) is 7.53. The van der Waals surface area contributed by atoms with Gasteiger partial charge in [-0.25, -0.2) is 0 Å². The van der Waals surface area contributed by atoms with Gasteiger partial charge in [-0.05, 0) is 48.8 Å². The zero-order chi connectivity index (χ0) is 13.0. The summed E-state index contributed by atoms with van der Waals surface area (Å²) in [7, 11) is 0. The van der Waals surface area contributed by atoms with Crippen LogP contribution in [0.3, 0.4) is 0 Å². The average Bonchev–Trinajstić information content (AvgIpc) is 2.32. The second-order valence-electron chi connectivity index (χ2n) is 6.02. The molecule has 1 aromatic carbocycles. The molecule has 0 amide bonds. The lowest BCUT2D eigenvalue weighted by atomic mass is 9.84. The normalized spacial score (nSPS) is 17.8. The Morgan fingerprint density at radius 1 is 1.17 bits per heavy atom. The molecular weight excluding hydrogens is 218 g/mol. The third-order valence-electron chi connectivity index (χ3n) is 4.26. The zero-order valence-electron chi connectivity index (χ0n) is 12.1. The van der Waals surface area contributed by atoms with Crippen LogP contribution in [0.4, 0.5) is 0 Å². The smallest absolute Gasteiger partial charge is 0.0343 e. The van der Waals surface area contributed by atoms with E-state index in [1.54, 1.807) is 0 Å². The van der Waals surface area contributed by atoms with Gasteiger partial charge in [-0.3, -0.25) is 0 Å². The largest absolute Gasteiger partial charge is 0.309 e. The Hall–Kier alpha value is -0.820. The SMILES string of the molecule is CCc1ccc(C(NCC2CCC2)C(C)C)cc1. The summed E-state index contributed by atoms with van der Waals surface area (Å²) >= 11 is 0. The van der Waals surface area contributed by atoms with Gasteiger partial charge in [0.05, 0.1) is 0 Å². The van der Waals surface area contributed by atoms with Crippen LogP contribution in [-0.4, -0.2) is 6.54 Å². The van der Waals surface area contributed by atoms with Gasteiger partial charge in [0, 0.05) is 6.04 Å². The van der Waals surface area contributed by atoms with Crippen LogP contribution in [-0.2, 0) is 6.42 Å². The first-order chi connectivity index (χ1) is 8.70. The standard InChI is InChI=1S/C17H27N/c1-4-14-8-10-16(11-9-14)17(13(2)3)18-12-15-6-5-7-15/h8-11,13,15,17-18H,4-7,12H2,1-3H3. The minimum atomic E-state index is 0.511. The van der Waals surface area contributed by atoms with E-state index in [1.807, 2.05) is 0 Å². The number of aryl methyl sites for hydroxylation is 1. The lowest BCUT2D eigenvalue weighted by molar-refractivity contribution is 0.274. The van der Waals surface area contributed by atoms with Crippen LogP contribution in [0.25, 0.3) is 0 Å². The van der Waals surface area contributed by atoms with Crippen LogP contribution >= 0.6 is 0 Å². The van der Waals surface area contributed by atoms with Gasteiger partial charge in [0.1, 0.15) is 0 Å². The molecule has 1 aliphatic carbocycles. The zero-order valence-corrected chi connectivity index (χ0v) is 12.1. The Morgan fingerprint density at radius 2 is 1.83 bits per heavy atom.